The van der Waals surface area contributed by atoms with Crippen LogP contribution in [0.1, 0.15) is 25.3 Å². The highest BCUT2D eigenvalue weighted by Gasteiger charge is 2.44. The first-order valence-corrected chi connectivity index (χ1v) is 6.79. The van der Waals surface area contributed by atoms with Crippen LogP contribution in [0.2, 0.25) is 0 Å². The molecule has 1 aliphatic rings. The van der Waals surface area contributed by atoms with E-state index in [0.29, 0.717) is 5.82 Å². The molecule has 1 fully saturated rings. The molecule has 0 heterocycles. The second-order valence-corrected chi connectivity index (χ2v) is 4.96. The number of nitrogens with one attached hydrogen (secondary N) is 2. The summed E-state index contributed by atoms with van der Waals surface area (Å²) in [6.45, 7) is 5.56. The number of carbonyl (C=O) groups excluding carboxylic acids is 1. The van der Waals surface area contributed by atoms with Crippen LogP contribution in [0.15, 0.2) is 59.4 Å². The van der Waals surface area contributed by atoms with Gasteiger partial charge in [0.1, 0.15) is 5.82 Å². The highest BCUT2D eigenvalue weighted by atomic mass is 16.5. The zero-order chi connectivity index (χ0) is 15.3. The van der Waals surface area contributed by atoms with Gasteiger partial charge in [0.2, 0.25) is 0 Å². The first-order chi connectivity index (χ1) is 10.1. The Labute approximate surface area is 124 Å². The number of amides is 1. The standard InChI is InChI=1S/C16H19N3O2/c1-3-13(15(20)19-21)11-17-12(2)18-16(9-10-16)14-7-5-4-6-8-14/h3-8,11,18,21H,2,9-10H2,1H3,(H,19,20)/b13-3+,17-11-. The average molecular weight is 285 g/mol. The van der Waals surface area contributed by atoms with Crippen molar-refractivity contribution in [2.45, 2.75) is 25.3 Å². The third-order valence-corrected chi connectivity index (χ3v) is 3.49. The Kier molecular flexibility index (Phi) is 4.55. The lowest BCUT2D eigenvalue weighted by molar-refractivity contribution is -0.124. The quantitative estimate of drug-likeness (QED) is 0.325. The van der Waals surface area contributed by atoms with Gasteiger partial charge in [-0.15, -0.1) is 0 Å². The molecule has 0 spiro atoms. The summed E-state index contributed by atoms with van der Waals surface area (Å²) in [6.07, 6.45) is 4.99. The summed E-state index contributed by atoms with van der Waals surface area (Å²) in [7, 11) is 0. The molecule has 3 N–H and O–H groups in total. The summed E-state index contributed by atoms with van der Waals surface area (Å²) < 4.78 is 0. The Morgan fingerprint density at radius 3 is 2.57 bits per heavy atom. The highest BCUT2D eigenvalue weighted by molar-refractivity contribution is 6.11. The summed E-state index contributed by atoms with van der Waals surface area (Å²) in [5.41, 5.74) is 2.96. The molecule has 110 valence electrons. The van der Waals surface area contributed by atoms with Gasteiger partial charge in [-0.2, -0.15) is 0 Å². The van der Waals surface area contributed by atoms with Crippen molar-refractivity contribution in [2.24, 2.45) is 4.99 Å². The van der Waals surface area contributed by atoms with Gasteiger partial charge in [0.15, 0.2) is 0 Å². The van der Waals surface area contributed by atoms with E-state index < -0.39 is 5.91 Å². The lowest BCUT2D eigenvalue weighted by Crippen LogP contribution is -2.27. The maximum absolute atomic E-state index is 11.3. The van der Waals surface area contributed by atoms with Crippen molar-refractivity contribution in [2.75, 3.05) is 0 Å². The van der Waals surface area contributed by atoms with E-state index in [1.807, 2.05) is 18.2 Å². The fourth-order valence-corrected chi connectivity index (χ4v) is 2.15. The fourth-order valence-electron chi connectivity index (χ4n) is 2.15. The lowest BCUT2D eigenvalue weighted by atomic mass is 10.1. The van der Waals surface area contributed by atoms with Crippen LogP contribution in [0.4, 0.5) is 0 Å². The van der Waals surface area contributed by atoms with Crippen molar-refractivity contribution >= 4 is 12.1 Å². The third-order valence-electron chi connectivity index (χ3n) is 3.49. The molecule has 0 radical (unpaired) electrons. The number of carbonyl (C=O) groups is 1. The molecule has 0 aromatic heterocycles. The monoisotopic (exact) mass is 285 g/mol. The van der Waals surface area contributed by atoms with Gasteiger partial charge in [-0.25, -0.2) is 10.5 Å². The number of nitrogens with zero attached hydrogens (tertiary/aromatic N) is 1. The van der Waals surface area contributed by atoms with E-state index in [4.69, 9.17) is 5.21 Å². The SMILES string of the molecule is C=C(/N=C\C(=C/C)C(=O)NO)NC1(c2ccccc2)CC1. The molecule has 1 aromatic rings. The second kappa shape index (κ2) is 6.37. The minimum absolute atomic E-state index is 0.0922. The van der Waals surface area contributed by atoms with Gasteiger partial charge in [0.25, 0.3) is 5.91 Å². The molecule has 21 heavy (non-hydrogen) atoms. The molecule has 1 saturated carbocycles. The van der Waals surface area contributed by atoms with Crippen molar-refractivity contribution in [1.29, 1.82) is 0 Å². The first kappa shape index (κ1) is 15.0. The van der Waals surface area contributed by atoms with Crippen molar-refractivity contribution in [3.05, 3.63) is 59.9 Å². The molecule has 0 aliphatic heterocycles. The third kappa shape index (κ3) is 3.58. The molecule has 1 aromatic carbocycles. The Hall–Kier alpha value is -2.40. The van der Waals surface area contributed by atoms with Crippen LogP contribution in [0.5, 0.6) is 0 Å². The molecule has 2 rings (SSSR count). The van der Waals surface area contributed by atoms with E-state index in [2.05, 4.69) is 29.0 Å². The predicted molar refractivity (Wildman–Crippen MR) is 81.8 cm³/mol. The van der Waals surface area contributed by atoms with E-state index in [1.165, 1.54) is 11.8 Å². The van der Waals surface area contributed by atoms with Gasteiger partial charge in [-0.3, -0.25) is 10.0 Å². The van der Waals surface area contributed by atoms with Gasteiger partial charge in [0.05, 0.1) is 11.1 Å². The molecule has 0 atom stereocenters. The molecule has 0 unspecified atom stereocenters. The summed E-state index contributed by atoms with van der Waals surface area (Å²) in [5.74, 6) is -0.111. The summed E-state index contributed by atoms with van der Waals surface area (Å²) in [5, 5.41) is 11.9. The molecule has 1 amide bonds. The van der Waals surface area contributed by atoms with Gasteiger partial charge < -0.3 is 5.32 Å². The second-order valence-electron chi connectivity index (χ2n) is 4.96. The van der Waals surface area contributed by atoms with Crippen molar-refractivity contribution in [3.63, 3.8) is 0 Å². The van der Waals surface area contributed by atoms with Gasteiger partial charge in [-0.05, 0) is 25.3 Å². The lowest BCUT2D eigenvalue weighted by Gasteiger charge is -2.18. The Morgan fingerprint density at radius 2 is 2.05 bits per heavy atom. The summed E-state index contributed by atoms with van der Waals surface area (Å²) >= 11 is 0. The number of aliphatic imine (C=N–C) groups is 1. The molecule has 5 heteroatoms. The van der Waals surface area contributed by atoms with E-state index in [0.717, 1.165) is 12.8 Å². The Balaban J connectivity index is 2.01. The van der Waals surface area contributed by atoms with Gasteiger partial charge in [-0.1, -0.05) is 43.0 Å². The predicted octanol–water partition coefficient (Wildman–Crippen LogP) is 2.26. The Morgan fingerprint density at radius 1 is 1.38 bits per heavy atom. The number of hydrogen-bond acceptors (Lipinski definition) is 4. The molecule has 0 saturated heterocycles. The topological polar surface area (TPSA) is 73.7 Å². The van der Waals surface area contributed by atoms with E-state index in [-0.39, 0.29) is 11.1 Å². The minimum atomic E-state index is -0.599. The maximum atomic E-state index is 11.3. The van der Waals surface area contributed by atoms with Crippen LogP contribution >= 0.6 is 0 Å². The van der Waals surface area contributed by atoms with Crippen molar-refractivity contribution < 1.29 is 10.0 Å². The van der Waals surface area contributed by atoms with Crippen molar-refractivity contribution in [3.8, 4) is 0 Å². The van der Waals surface area contributed by atoms with Crippen LogP contribution < -0.4 is 10.8 Å². The number of hydroxylamine groups is 1. The van der Waals surface area contributed by atoms with Crippen LogP contribution in [0, 0.1) is 0 Å². The zero-order valence-corrected chi connectivity index (χ0v) is 12.0. The maximum Gasteiger partial charge on any atom is 0.275 e. The largest absolute Gasteiger partial charge is 0.361 e. The number of benzene rings is 1. The average Bonchev–Trinajstić information content (AvgIpc) is 3.29. The van der Waals surface area contributed by atoms with Crippen LogP contribution in [0.3, 0.4) is 0 Å². The fraction of sp³-hybridized carbons (Fsp3) is 0.250. The first-order valence-electron chi connectivity index (χ1n) is 6.79. The van der Waals surface area contributed by atoms with E-state index in [1.54, 1.807) is 18.5 Å². The number of hydrogen-bond donors (Lipinski definition) is 3. The smallest absolute Gasteiger partial charge is 0.275 e. The van der Waals surface area contributed by atoms with Gasteiger partial charge in [0, 0.05) is 6.21 Å². The summed E-state index contributed by atoms with van der Waals surface area (Å²) in [4.78, 5) is 15.4. The molecule has 1 aliphatic carbocycles. The molecular formula is C16H19N3O2. The van der Waals surface area contributed by atoms with Crippen molar-refractivity contribution in [1.82, 2.24) is 10.8 Å². The van der Waals surface area contributed by atoms with Crippen LogP contribution in [-0.2, 0) is 10.3 Å². The zero-order valence-electron chi connectivity index (χ0n) is 12.0. The van der Waals surface area contributed by atoms with E-state index >= 15 is 0 Å². The highest BCUT2D eigenvalue weighted by Crippen LogP contribution is 2.46. The molecular weight excluding hydrogens is 266 g/mol. The number of rotatable bonds is 6. The molecule has 5 nitrogen and oxygen atoms in total. The minimum Gasteiger partial charge on any atom is -0.361 e. The molecule has 0 bridgehead atoms. The normalized spacial score (nSPS) is 16.6. The van der Waals surface area contributed by atoms with Crippen LogP contribution in [0.25, 0.3) is 0 Å². The number of allylic oxidation sites excluding steroid dienone is 1. The van der Waals surface area contributed by atoms with Crippen LogP contribution in [-0.4, -0.2) is 17.3 Å². The summed E-state index contributed by atoms with van der Waals surface area (Å²) in [6, 6.07) is 10.2. The Bertz CT molecular complexity index is 587. The van der Waals surface area contributed by atoms with Gasteiger partial charge >= 0.3 is 0 Å². The van der Waals surface area contributed by atoms with E-state index in [9.17, 15) is 4.79 Å².